The van der Waals surface area contributed by atoms with Gasteiger partial charge in [0, 0.05) is 19.3 Å². The number of carbonyl (C=O) groups excluding carboxylic acids is 2. The molecule has 0 fully saturated rings. The van der Waals surface area contributed by atoms with Gasteiger partial charge in [-0.15, -0.1) is 0 Å². The minimum atomic E-state index is -1.17. The summed E-state index contributed by atoms with van der Waals surface area (Å²) in [7, 11) is 0. The van der Waals surface area contributed by atoms with Gasteiger partial charge >= 0.3 is 0 Å². The Hall–Kier alpha value is -0.700. The molecule has 0 aliphatic carbocycles. The number of rotatable bonds is 6. The molecule has 3 heteroatoms. The maximum Gasteiger partial charge on any atom is 0.136 e. The summed E-state index contributed by atoms with van der Waals surface area (Å²) in [6.45, 7) is 6.86. The van der Waals surface area contributed by atoms with Gasteiger partial charge in [0.05, 0.1) is 5.60 Å². The van der Waals surface area contributed by atoms with E-state index in [0.29, 0.717) is 12.3 Å². The first-order chi connectivity index (χ1) is 6.23. The second kappa shape index (κ2) is 5.25. The van der Waals surface area contributed by atoms with Crippen molar-refractivity contribution in [2.45, 2.75) is 52.6 Å². The Morgan fingerprint density at radius 2 is 1.79 bits per heavy atom. The second-order valence-electron chi connectivity index (χ2n) is 4.69. The lowest BCUT2D eigenvalue weighted by Crippen LogP contribution is -2.30. The van der Waals surface area contributed by atoms with Crippen molar-refractivity contribution in [1.82, 2.24) is 0 Å². The molecule has 0 aliphatic rings. The van der Waals surface area contributed by atoms with Gasteiger partial charge in [-0.05, 0) is 19.8 Å². The van der Waals surface area contributed by atoms with Crippen LogP contribution in [0.2, 0.25) is 0 Å². The Balaban J connectivity index is 4.08. The number of Topliss-reactive ketones (excluding diaryl/α,β-unsaturated/α-hetero) is 2. The van der Waals surface area contributed by atoms with E-state index >= 15 is 0 Å². The van der Waals surface area contributed by atoms with Gasteiger partial charge in [0.2, 0.25) is 0 Å². The topological polar surface area (TPSA) is 54.4 Å². The summed E-state index contributed by atoms with van der Waals surface area (Å²) in [6.07, 6.45) is 0.593. The molecule has 1 N–H and O–H groups in total. The highest BCUT2D eigenvalue weighted by Gasteiger charge is 2.25. The van der Waals surface area contributed by atoms with Gasteiger partial charge in [0.15, 0.2) is 0 Å². The molecule has 0 unspecified atom stereocenters. The molecular formula is C11H20O3. The van der Waals surface area contributed by atoms with Crippen LogP contribution in [0.5, 0.6) is 0 Å². The molecule has 0 aromatic rings. The molecule has 0 aliphatic heterocycles. The lowest BCUT2D eigenvalue weighted by Gasteiger charge is -2.21. The maximum atomic E-state index is 11.4. The predicted octanol–water partition coefficient (Wildman–Crippen LogP) is 1.72. The van der Waals surface area contributed by atoms with E-state index in [0.717, 1.165) is 0 Å². The Morgan fingerprint density at radius 3 is 2.14 bits per heavy atom. The van der Waals surface area contributed by atoms with Gasteiger partial charge in [-0.1, -0.05) is 13.8 Å². The van der Waals surface area contributed by atoms with E-state index in [9.17, 15) is 14.7 Å². The van der Waals surface area contributed by atoms with E-state index in [-0.39, 0.29) is 24.4 Å². The summed E-state index contributed by atoms with van der Waals surface area (Å²) >= 11 is 0. The summed E-state index contributed by atoms with van der Waals surface area (Å²) < 4.78 is 0. The summed E-state index contributed by atoms with van der Waals surface area (Å²) in [5, 5.41) is 9.73. The fraction of sp³-hybridized carbons (Fsp3) is 0.818. The van der Waals surface area contributed by atoms with Crippen molar-refractivity contribution in [1.29, 1.82) is 0 Å². The first-order valence-corrected chi connectivity index (χ1v) is 4.96. The van der Waals surface area contributed by atoms with Crippen LogP contribution < -0.4 is 0 Å². The summed E-state index contributed by atoms with van der Waals surface area (Å²) in [6, 6.07) is 0. The maximum absolute atomic E-state index is 11.4. The van der Waals surface area contributed by atoms with Crippen molar-refractivity contribution in [2.24, 2.45) is 5.92 Å². The predicted molar refractivity (Wildman–Crippen MR) is 55.0 cm³/mol. The van der Waals surface area contributed by atoms with E-state index in [1.165, 1.54) is 13.8 Å². The van der Waals surface area contributed by atoms with Gasteiger partial charge in [0.25, 0.3) is 0 Å². The minimum absolute atomic E-state index is 0.0197. The lowest BCUT2D eigenvalue weighted by atomic mass is 9.91. The quantitative estimate of drug-likeness (QED) is 0.710. The van der Waals surface area contributed by atoms with E-state index < -0.39 is 5.60 Å². The van der Waals surface area contributed by atoms with E-state index in [2.05, 4.69) is 0 Å². The number of hydrogen-bond acceptors (Lipinski definition) is 3. The van der Waals surface area contributed by atoms with E-state index in [1.54, 1.807) is 0 Å². The molecule has 0 saturated carbocycles. The molecule has 0 saturated heterocycles. The van der Waals surface area contributed by atoms with E-state index in [4.69, 9.17) is 0 Å². The number of aliphatic hydroxyl groups is 1. The fourth-order valence-electron chi connectivity index (χ4n) is 1.55. The Bertz CT molecular complexity index is 217. The highest BCUT2D eigenvalue weighted by Crippen LogP contribution is 2.17. The lowest BCUT2D eigenvalue weighted by molar-refractivity contribution is -0.127. The van der Waals surface area contributed by atoms with Crippen molar-refractivity contribution in [3.63, 3.8) is 0 Å². The standard InChI is InChI=1S/C11H20O3/c1-8(2)5-10(13)7-11(4,14)6-9(3)12/h8,14H,5-7H2,1-4H3/t11-/m0/s1. The molecule has 0 radical (unpaired) electrons. The average Bonchev–Trinajstić information content (AvgIpc) is 1.77. The molecular weight excluding hydrogens is 180 g/mol. The van der Waals surface area contributed by atoms with Crippen LogP contribution >= 0.6 is 0 Å². The Labute approximate surface area is 85.5 Å². The zero-order valence-electron chi connectivity index (χ0n) is 9.46. The van der Waals surface area contributed by atoms with Gasteiger partial charge in [-0.3, -0.25) is 9.59 Å². The zero-order valence-corrected chi connectivity index (χ0v) is 9.46. The highest BCUT2D eigenvalue weighted by atomic mass is 16.3. The third-order valence-electron chi connectivity index (χ3n) is 1.84. The van der Waals surface area contributed by atoms with Crippen LogP contribution in [0.3, 0.4) is 0 Å². The van der Waals surface area contributed by atoms with Crippen LogP contribution in [-0.2, 0) is 9.59 Å². The van der Waals surface area contributed by atoms with Gasteiger partial charge in [-0.2, -0.15) is 0 Å². The molecule has 0 aromatic carbocycles. The molecule has 0 rings (SSSR count). The molecule has 14 heavy (non-hydrogen) atoms. The summed E-state index contributed by atoms with van der Waals surface area (Å²) in [5.41, 5.74) is -1.17. The summed E-state index contributed by atoms with van der Waals surface area (Å²) in [5.74, 6) is 0.231. The monoisotopic (exact) mass is 200 g/mol. The largest absolute Gasteiger partial charge is 0.389 e. The second-order valence-corrected chi connectivity index (χ2v) is 4.69. The van der Waals surface area contributed by atoms with Gasteiger partial charge in [-0.25, -0.2) is 0 Å². The normalized spacial score (nSPS) is 15.3. The van der Waals surface area contributed by atoms with Gasteiger partial charge in [0.1, 0.15) is 11.6 Å². The molecule has 0 spiro atoms. The number of carbonyl (C=O) groups is 2. The van der Waals surface area contributed by atoms with Crippen molar-refractivity contribution in [2.75, 3.05) is 0 Å². The smallest absolute Gasteiger partial charge is 0.136 e. The Morgan fingerprint density at radius 1 is 1.29 bits per heavy atom. The van der Waals surface area contributed by atoms with Crippen LogP contribution in [0.1, 0.15) is 47.0 Å². The fourth-order valence-corrected chi connectivity index (χ4v) is 1.55. The van der Waals surface area contributed by atoms with Crippen molar-refractivity contribution < 1.29 is 14.7 Å². The third-order valence-corrected chi connectivity index (χ3v) is 1.84. The van der Waals surface area contributed by atoms with Crippen molar-refractivity contribution >= 4 is 11.6 Å². The molecule has 0 heterocycles. The molecule has 3 nitrogen and oxygen atoms in total. The first-order valence-electron chi connectivity index (χ1n) is 4.96. The molecule has 0 bridgehead atoms. The van der Waals surface area contributed by atoms with Crippen LogP contribution in [-0.4, -0.2) is 22.3 Å². The third kappa shape index (κ3) is 6.78. The first kappa shape index (κ1) is 13.3. The average molecular weight is 200 g/mol. The van der Waals surface area contributed by atoms with Crippen LogP contribution in [0.4, 0.5) is 0 Å². The minimum Gasteiger partial charge on any atom is -0.389 e. The summed E-state index contributed by atoms with van der Waals surface area (Å²) in [4.78, 5) is 22.2. The van der Waals surface area contributed by atoms with Gasteiger partial charge < -0.3 is 5.11 Å². The highest BCUT2D eigenvalue weighted by molar-refractivity contribution is 5.82. The zero-order chi connectivity index (χ0) is 11.4. The molecule has 0 aromatic heterocycles. The Kier molecular flexibility index (Phi) is 4.99. The molecule has 0 amide bonds. The van der Waals surface area contributed by atoms with Crippen LogP contribution in [0, 0.1) is 5.92 Å². The molecule has 82 valence electrons. The molecule has 1 atom stereocenters. The SMILES string of the molecule is CC(=O)C[C@](C)(O)CC(=O)CC(C)C. The number of hydrogen-bond donors (Lipinski definition) is 1. The van der Waals surface area contributed by atoms with Crippen LogP contribution in [0.25, 0.3) is 0 Å². The van der Waals surface area contributed by atoms with E-state index in [1.807, 2.05) is 13.8 Å². The van der Waals surface area contributed by atoms with Crippen LogP contribution in [0.15, 0.2) is 0 Å². The number of ketones is 2. The van der Waals surface area contributed by atoms with Crippen molar-refractivity contribution in [3.05, 3.63) is 0 Å². The van der Waals surface area contributed by atoms with Crippen molar-refractivity contribution in [3.8, 4) is 0 Å².